The number of likely N-dealkylation sites (tertiary alicyclic amines) is 1. The molecule has 2 aliphatic rings. The van der Waals surface area contributed by atoms with E-state index < -0.39 is 0 Å². The van der Waals surface area contributed by atoms with Crippen molar-refractivity contribution >= 4 is 5.91 Å². The minimum atomic E-state index is -0.158. The fourth-order valence-electron chi connectivity index (χ4n) is 4.42. The van der Waals surface area contributed by atoms with Crippen molar-refractivity contribution in [2.24, 2.45) is 11.8 Å². The van der Waals surface area contributed by atoms with Gasteiger partial charge in [0.05, 0.1) is 12.5 Å². The maximum atomic E-state index is 12.7. The van der Waals surface area contributed by atoms with Gasteiger partial charge in [-0.3, -0.25) is 9.69 Å². The smallest absolute Gasteiger partial charge is 0.289 e. The first-order chi connectivity index (χ1) is 13.8. The van der Waals surface area contributed by atoms with Gasteiger partial charge in [-0.1, -0.05) is 30.3 Å². The highest BCUT2D eigenvalue weighted by Crippen LogP contribution is 2.33. The Morgan fingerprint density at radius 3 is 2.75 bits per heavy atom. The molecule has 1 amide bonds. The Morgan fingerprint density at radius 1 is 1.07 bits per heavy atom. The fourth-order valence-corrected chi connectivity index (χ4v) is 4.42. The van der Waals surface area contributed by atoms with Crippen LogP contribution in [0.3, 0.4) is 0 Å². The minimum absolute atomic E-state index is 0.158. The van der Waals surface area contributed by atoms with Crippen LogP contribution in [-0.4, -0.2) is 38.7 Å². The molecule has 2 aliphatic heterocycles. The molecule has 2 aromatic heterocycles. The summed E-state index contributed by atoms with van der Waals surface area (Å²) < 4.78 is 7.20. The van der Waals surface area contributed by atoms with Crippen LogP contribution in [0.1, 0.15) is 27.6 Å². The number of furan rings is 1. The summed E-state index contributed by atoms with van der Waals surface area (Å²) in [5, 5.41) is 11.5. The van der Waals surface area contributed by atoms with Crippen LogP contribution in [0.5, 0.6) is 0 Å². The number of fused-ring (bicyclic) bond motifs is 2. The zero-order chi connectivity index (χ0) is 18.9. The normalized spacial score (nSPS) is 21.3. The van der Waals surface area contributed by atoms with Gasteiger partial charge in [-0.15, -0.1) is 10.2 Å². The molecule has 144 valence electrons. The molecule has 2 atom stereocenters. The third kappa shape index (κ3) is 3.33. The van der Waals surface area contributed by atoms with E-state index in [2.05, 4.69) is 20.4 Å². The first-order valence-electron chi connectivity index (χ1n) is 9.74. The third-order valence-corrected chi connectivity index (χ3v) is 5.83. The Kier molecular flexibility index (Phi) is 4.44. The van der Waals surface area contributed by atoms with Gasteiger partial charge < -0.3 is 14.3 Å². The van der Waals surface area contributed by atoms with Crippen LogP contribution in [0.4, 0.5) is 0 Å². The summed E-state index contributed by atoms with van der Waals surface area (Å²) in [6, 6.07) is 11.9. The molecule has 4 heterocycles. The van der Waals surface area contributed by atoms with Crippen LogP contribution >= 0.6 is 0 Å². The van der Waals surface area contributed by atoms with Gasteiger partial charge in [-0.2, -0.15) is 0 Å². The molecule has 1 N–H and O–H groups in total. The van der Waals surface area contributed by atoms with E-state index in [1.54, 1.807) is 6.26 Å². The molecular weight excluding hydrogens is 354 g/mol. The second-order valence-electron chi connectivity index (χ2n) is 7.77. The van der Waals surface area contributed by atoms with Crippen molar-refractivity contribution in [3.05, 3.63) is 71.7 Å². The number of aromatic nitrogens is 3. The van der Waals surface area contributed by atoms with E-state index in [1.807, 2.05) is 47.2 Å². The van der Waals surface area contributed by atoms with Crippen LogP contribution in [0.25, 0.3) is 0 Å². The number of benzene rings is 1. The molecule has 3 aromatic rings. The van der Waals surface area contributed by atoms with Crippen LogP contribution in [0.15, 0.2) is 53.3 Å². The van der Waals surface area contributed by atoms with Crippen LogP contribution in [0, 0.1) is 11.8 Å². The number of hydrogen-bond acceptors (Lipinski definition) is 5. The number of rotatable bonds is 5. The Morgan fingerprint density at radius 2 is 1.93 bits per heavy atom. The lowest BCUT2D eigenvalue weighted by Gasteiger charge is -2.25. The van der Waals surface area contributed by atoms with Crippen LogP contribution in [-0.2, 0) is 26.1 Å². The Labute approximate surface area is 163 Å². The molecule has 7 nitrogen and oxygen atoms in total. The van der Waals surface area contributed by atoms with Gasteiger partial charge >= 0.3 is 0 Å². The van der Waals surface area contributed by atoms with Crippen molar-refractivity contribution in [2.75, 3.05) is 13.1 Å². The van der Waals surface area contributed by atoms with Crippen molar-refractivity contribution in [3.63, 3.8) is 0 Å². The summed E-state index contributed by atoms with van der Waals surface area (Å²) >= 11 is 0. The lowest BCUT2D eigenvalue weighted by Crippen LogP contribution is -2.32. The molecule has 0 spiro atoms. The topological polar surface area (TPSA) is 76.2 Å². The number of carbonyl (C=O) groups excluding carboxylic acids is 1. The molecule has 7 heteroatoms. The maximum absolute atomic E-state index is 12.7. The average molecular weight is 377 g/mol. The van der Waals surface area contributed by atoms with Crippen molar-refractivity contribution in [2.45, 2.75) is 26.1 Å². The van der Waals surface area contributed by atoms with Crippen molar-refractivity contribution in [3.8, 4) is 0 Å². The Balaban J connectivity index is 1.25. The van der Waals surface area contributed by atoms with E-state index in [9.17, 15) is 4.79 Å². The first-order valence-corrected chi connectivity index (χ1v) is 9.74. The molecule has 0 radical (unpaired) electrons. The van der Waals surface area contributed by atoms with Crippen molar-refractivity contribution in [1.29, 1.82) is 0 Å². The summed E-state index contributed by atoms with van der Waals surface area (Å²) in [4.78, 5) is 15.1. The predicted octanol–water partition coefficient (Wildman–Crippen LogP) is 2.11. The zero-order valence-corrected chi connectivity index (χ0v) is 15.6. The molecule has 0 unspecified atom stereocenters. The third-order valence-electron chi connectivity index (χ3n) is 5.83. The molecule has 0 bridgehead atoms. The highest BCUT2D eigenvalue weighted by molar-refractivity contribution is 5.90. The molecule has 0 aliphatic carbocycles. The number of carbonyl (C=O) groups is 1. The van der Waals surface area contributed by atoms with Gasteiger partial charge in [0.15, 0.2) is 0 Å². The maximum Gasteiger partial charge on any atom is 0.289 e. The molecule has 28 heavy (non-hydrogen) atoms. The van der Waals surface area contributed by atoms with Crippen LogP contribution < -0.4 is 5.32 Å². The van der Waals surface area contributed by atoms with Crippen LogP contribution in [0.2, 0.25) is 0 Å². The molecule has 5 rings (SSSR count). The Hall–Kier alpha value is -2.93. The van der Waals surface area contributed by atoms with E-state index in [0.29, 0.717) is 24.2 Å². The minimum Gasteiger partial charge on any atom is -0.472 e. The molecular formula is C21H23N5O2. The Bertz CT molecular complexity index is 951. The molecule has 0 saturated carbocycles. The largest absolute Gasteiger partial charge is 0.472 e. The second-order valence-corrected chi connectivity index (χ2v) is 7.77. The van der Waals surface area contributed by atoms with E-state index in [0.717, 1.165) is 44.0 Å². The SMILES string of the molecule is O=C(NCc1ccccc1)c1nnc2n1C[C@H]1CN(Cc3ccoc3)C[C@H]1C2. The van der Waals surface area contributed by atoms with Gasteiger partial charge in [0, 0.05) is 44.7 Å². The predicted molar refractivity (Wildman–Crippen MR) is 102 cm³/mol. The molecule has 1 aromatic carbocycles. The lowest BCUT2D eigenvalue weighted by molar-refractivity contribution is 0.0932. The number of hydrogen-bond donors (Lipinski definition) is 1. The monoisotopic (exact) mass is 377 g/mol. The van der Waals surface area contributed by atoms with Crippen molar-refractivity contribution in [1.82, 2.24) is 25.0 Å². The summed E-state index contributed by atoms with van der Waals surface area (Å²) in [5.74, 6) is 2.29. The highest BCUT2D eigenvalue weighted by Gasteiger charge is 2.39. The van der Waals surface area contributed by atoms with E-state index in [-0.39, 0.29) is 5.91 Å². The van der Waals surface area contributed by atoms with Gasteiger partial charge in [-0.25, -0.2) is 0 Å². The number of nitrogens with one attached hydrogen (secondary N) is 1. The fraction of sp³-hybridized carbons (Fsp3) is 0.381. The summed E-state index contributed by atoms with van der Waals surface area (Å²) in [5.41, 5.74) is 2.28. The summed E-state index contributed by atoms with van der Waals surface area (Å²) in [6.45, 7) is 4.29. The van der Waals surface area contributed by atoms with Gasteiger partial charge in [0.25, 0.3) is 5.91 Å². The first kappa shape index (κ1) is 17.2. The summed E-state index contributed by atoms with van der Waals surface area (Å²) in [7, 11) is 0. The highest BCUT2D eigenvalue weighted by atomic mass is 16.3. The van der Waals surface area contributed by atoms with E-state index in [1.165, 1.54) is 5.56 Å². The van der Waals surface area contributed by atoms with Gasteiger partial charge in [0.1, 0.15) is 5.82 Å². The number of nitrogens with zero attached hydrogens (tertiary/aromatic N) is 4. The number of amides is 1. The lowest BCUT2D eigenvalue weighted by atomic mass is 9.89. The average Bonchev–Trinajstić information content (AvgIpc) is 3.44. The standard InChI is InChI=1S/C21H23N5O2/c27-21(22-9-15-4-2-1-3-5-15)20-24-23-19-8-17-11-25(10-16-6-7-28-14-16)12-18(17)13-26(19)20/h1-7,14,17-18H,8-13H2,(H,22,27)/t17-,18-/m1/s1. The van der Waals surface area contributed by atoms with Gasteiger partial charge in [0.2, 0.25) is 5.82 Å². The molecule has 1 fully saturated rings. The molecule has 1 saturated heterocycles. The zero-order valence-electron chi connectivity index (χ0n) is 15.6. The van der Waals surface area contributed by atoms with Crippen molar-refractivity contribution < 1.29 is 9.21 Å². The van der Waals surface area contributed by atoms with E-state index >= 15 is 0 Å². The van der Waals surface area contributed by atoms with Gasteiger partial charge in [-0.05, 0) is 23.5 Å². The second kappa shape index (κ2) is 7.24. The summed E-state index contributed by atoms with van der Waals surface area (Å²) in [6.07, 6.45) is 4.41. The van der Waals surface area contributed by atoms with E-state index in [4.69, 9.17) is 4.42 Å². The quantitative estimate of drug-likeness (QED) is 0.737.